The van der Waals surface area contributed by atoms with Gasteiger partial charge >= 0.3 is 5.97 Å². The van der Waals surface area contributed by atoms with Crippen LogP contribution in [0.2, 0.25) is 18.1 Å². The Morgan fingerprint density at radius 3 is 2.42 bits per heavy atom. The number of esters is 1. The molecule has 0 saturated heterocycles. The summed E-state index contributed by atoms with van der Waals surface area (Å²) < 4.78 is 11.3. The SMILES string of the molecule is C=C(/C=C/COC(=O)c1ccccc1)CCO[Si](C)(C)C(C)(C)C. The fraction of sp³-hybridized carbons (Fsp3) is 0.450. The van der Waals surface area contributed by atoms with E-state index >= 15 is 0 Å². The molecule has 1 rings (SSSR count). The van der Waals surface area contributed by atoms with Crippen LogP contribution in [0.1, 0.15) is 37.6 Å². The van der Waals surface area contributed by atoms with Crippen LogP contribution in [-0.2, 0) is 9.16 Å². The largest absolute Gasteiger partial charge is 0.458 e. The van der Waals surface area contributed by atoms with Crippen molar-refractivity contribution in [2.75, 3.05) is 13.2 Å². The standard InChI is InChI=1S/C20H30O3Si/c1-17(14-16-23-24(5,6)20(2,3)4)11-10-15-22-19(21)18-12-8-7-9-13-18/h7-13H,1,14-16H2,2-6H3/b11-10+. The van der Waals surface area contributed by atoms with Gasteiger partial charge in [-0.2, -0.15) is 0 Å². The van der Waals surface area contributed by atoms with Crippen molar-refractivity contribution in [3.8, 4) is 0 Å². The van der Waals surface area contributed by atoms with Crippen molar-refractivity contribution in [3.05, 3.63) is 60.2 Å². The van der Waals surface area contributed by atoms with Gasteiger partial charge in [0.05, 0.1) is 5.56 Å². The van der Waals surface area contributed by atoms with Crippen molar-refractivity contribution in [2.45, 2.75) is 45.3 Å². The molecule has 4 heteroatoms. The summed E-state index contributed by atoms with van der Waals surface area (Å²) in [5.74, 6) is -0.313. The molecule has 1 aromatic carbocycles. The van der Waals surface area contributed by atoms with Crippen LogP contribution in [0.25, 0.3) is 0 Å². The summed E-state index contributed by atoms with van der Waals surface area (Å²) in [7, 11) is -1.70. The Hall–Kier alpha value is -1.65. The number of allylic oxidation sites excluding steroid dienone is 1. The van der Waals surface area contributed by atoms with E-state index in [0.29, 0.717) is 12.2 Å². The van der Waals surface area contributed by atoms with Gasteiger partial charge in [-0.15, -0.1) is 0 Å². The topological polar surface area (TPSA) is 35.5 Å². The van der Waals surface area contributed by atoms with Gasteiger partial charge in [-0.1, -0.05) is 57.2 Å². The number of carbonyl (C=O) groups excluding carboxylic acids is 1. The van der Waals surface area contributed by atoms with Crippen LogP contribution < -0.4 is 0 Å². The van der Waals surface area contributed by atoms with Gasteiger partial charge in [0.15, 0.2) is 8.32 Å². The minimum absolute atomic E-state index is 0.218. The molecule has 0 saturated carbocycles. The highest BCUT2D eigenvalue weighted by Crippen LogP contribution is 2.36. The molecule has 0 amide bonds. The van der Waals surface area contributed by atoms with Crippen molar-refractivity contribution in [1.82, 2.24) is 0 Å². The molecule has 132 valence electrons. The lowest BCUT2D eigenvalue weighted by atomic mass is 10.2. The first-order valence-corrected chi connectivity index (χ1v) is 11.2. The number of carbonyl (C=O) groups is 1. The molecule has 0 bridgehead atoms. The highest BCUT2D eigenvalue weighted by molar-refractivity contribution is 6.74. The summed E-state index contributed by atoms with van der Waals surface area (Å²) in [6.45, 7) is 16.1. The lowest BCUT2D eigenvalue weighted by Gasteiger charge is -2.36. The third kappa shape index (κ3) is 6.85. The van der Waals surface area contributed by atoms with Crippen LogP contribution in [0.4, 0.5) is 0 Å². The maximum atomic E-state index is 11.8. The molecule has 0 unspecified atom stereocenters. The molecule has 0 fully saturated rings. The maximum Gasteiger partial charge on any atom is 0.338 e. The van der Waals surface area contributed by atoms with Crippen molar-refractivity contribution < 1.29 is 14.0 Å². The highest BCUT2D eigenvalue weighted by Gasteiger charge is 2.36. The summed E-state index contributed by atoms with van der Waals surface area (Å²) >= 11 is 0. The zero-order valence-corrected chi connectivity index (χ0v) is 16.6. The molecular formula is C20H30O3Si. The summed E-state index contributed by atoms with van der Waals surface area (Å²) in [6.07, 6.45) is 4.50. The van der Waals surface area contributed by atoms with E-state index in [-0.39, 0.29) is 17.6 Å². The molecule has 3 nitrogen and oxygen atoms in total. The smallest absolute Gasteiger partial charge is 0.338 e. The van der Waals surface area contributed by atoms with E-state index in [1.165, 1.54) is 0 Å². The fourth-order valence-corrected chi connectivity index (χ4v) is 2.78. The van der Waals surface area contributed by atoms with E-state index in [0.717, 1.165) is 12.0 Å². The molecule has 0 radical (unpaired) electrons. The average Bonchev–Trinajstić information content (AvgIpc) is 2.51. The molecule has 0 atom stereocenters. The Bertz CT molecular complexity index is 568. The van der Waals surface area contributed by atoms with Gasteiger partial charge < -0.3 is 9.16 Å². The minimum atomic E-state index is -1.70. The quantitative estimate of drug-likeness (QED) is 0.361. The van der Waals surface area contributed by atoms with E-state index in [2.05, 4.69) is 40.4 Å². The second-order valence-electron chi connectivity index (χ2n) is 7.38. The Labute approximate surface area is 147 Å². The van der Waals surface area contributed by atoms with E-state index in [9.17, 15) is 4.79 Å². The maximum absolute atomic E-state index is 11.8. The van der Waals surface area contributed by atoms with Crippen LogP contribution in [0.15, 0.2) is 54.6 Å². The lowest BCUT2D eigenvalue weighted by molar-refractivity contribution is 0.0549. The summed E-state index contributed by atoms with van der Waals surface area (Å²) in [4.78, 5) is 11.8. The molecule has 0 aliphatic heterocycles. The summed E-state index contributed by atoms with van der Waals surface area (Å²) in [5, 5.41) is 0.218. The molecule has 0 N–H and O–H groups in total. The molecule has 1 aromatic rings. The predicted octanol–water partition coefficient (Wildman–Crippen LogP) is 5.37. The third-order valence-electron chi connectivity index (χ3n) is 4.37. The second kappa shape index (κ2) is 8.99. The second-order valence-corrected chi connectivity index (χ2v) is 12.2. The monoisotopic (exact) mass is 346 g/mol. The first-order valence-electron chi connectivity index (χ1n) is 8.34. The number of hydrogen-bond acceptors (Lipinski definition) is 3. The van der Waals surface area contributed by atoms with E-state index in [1.807, 2.05) is 30.4 Å². The van der Waals surface area contributed by atoms with Gasteiger partial charge in [0.2, 0.25) is 0 Å². The van der Waals surface area contributed by atoms with Crippen LogP contribution >= 0.6 is 0 Å². The Morgan fingerprint density at radius 2 is 1.83 bits per heavy atom. The predicted molar refractivity (Wildman–Crippen MR) is 103 cm³/mol. The van der Waals surface area contributed by atoms with Crippen molar-refractivity contribution in [3.63, 3.8) is 0 Å². The van der Waals surface area contributed by atoms with Gasteiger partial charge in [-0.05, 0) is 42.8 Å². The Morgan fingerprint density at radius 1 is 1.21 bits per heavy atom. The van der Waals surface area contributed by atoms with Crippen molar-refractivity contribution >= 4 is 14.3 Å². The zero-order chi connectivity index (χ0) is 18.2. The number of benzene rings is 1. The Kier molecular flexibility index (Phi) is 7.64. The number of rotatable bonds is 8. The molecule has 0 spiro atoms. The van der Waals surface area contributed by atoms with E-state index in [4.69, 9.17) is 9.16 Å². The minimum Gasteiger partial charge on any atom is -0.458 e. The van der Waals surface area contributed by atoms with Gasteiger partial charge in [0, 0.05) is 6.61 Å². The van der Waals surface area contributed by atoms with Crippen molar-refractivity contribution in [1.29, 1.82) is 0 Å². The molecule has 0 aliphatic carbocycles. The fourth-order valence-electron chi connectivity index (χ4n) is 1.73. The number of hydrogen-bond donors (Lipinski definition) is 0. The highest BCUT2D eigenvalue weighted by atomic mass is 28.4. The van der Waals surface area contributed by atoms with Gasteiger partial charge in [0.25, 0.3) is 0 Å². The van der Waals surface area contributed by atoms with E-state index < -0.39 is 8.32 Å². The first kappa shape index (κ1) is 20.4. The zero-order valence-electron chi connectivity index (χ0n) is 15.6. The van der Waals surface area contributed by atoms with Crippen LogP contribution in [0, 0.1) is 0 Å². The average molecular weight is 347 g/mol. The molecule has 0 heterocycles. The third-order valence-corrected chi connectivity index (χ3v) is 8.90. The molecule has 0 aromatic heterocycles. The van der Waals surface area contributed by atoms with Gasteiger partial charge in [-0.3, -0.25) is 0 Å². The molecule has 24 heavy (non-hydrogen) atoms. The summed E-state index contributed by atoms with van der Waals surface area (Å²) in [5.41, 5.74) is 1.54. The van der Waals surface area contributed by atoms with Gasteiger partial charge in [-0.25, -0.2) is 4.79 Å². The van der Waals surface area contributed by atoms with Crippen LogP contribution in [0.5, 0.6) is 0 Å². The first-order chi connectivity index (χ1) is 11.1. The molecule has 0 aliphatic rings. The van der Waals surface area contributed by atoms with Crippen molar-refractivity contribution in [2.24, 2.45) is 0 Å². The normalized spacial score (nSPS) is 12.4. The summed E-state index contributed by atoms with van der Waals surface area (Å²) in [6, 6.07) is 8.98. The van der Waals surface area contributed by atoms with Crippen LogP contribution in [-0.4, -0.2) is 27.5 Å². The lowest BCUT2D eigenvalue weighted by Crippen LogP contribution is -2.40. The molecular weight excluding hydrogens is 316 g/mol. The van der Waals surface area contributed by atoms with Gasteiger partial charge in [0.1, 0.15) is 6.61 Å². The Balaban J connectivity index is 2.28. The van der Waals surface area contributed by atoms with Crippen LogP contribution in [0.3, 0.4) is 0 Å². The number of ether oxygens (including phenoxy) is 1. The van der Waals surface area contributed by atoms with E-state index in [1.54, 1.807) is 12.1 Å².